The maximum atomic E-state index is 11.4. The third-order valence-electron chi connectivity index (χ3n) is 1.85. The zero-order chi connectivity index (χ0) is 9.35. The zero-order valence-electron chi connectivity index (χ0n) is 7.70. The molecule has 0 bridgehead atoms. The molecule has 0 radical (unpaired) electrons. The van der Waals surface area contributed by atoms with E-state index in [1.54, 1.807) is 20.8 Å². The van der Waals surface area contributed by atoms with Crippen molar-refractivity contribution in [2.75, 3.05) is 0 Å². The summed E-state index contributed by atoms with van der Waals surface area (Å²) >= 11 is 0. The molecule has 0 unspecified atom stereocenters. The van der Waals surface area contributed by atoms with E-state index in [1.807, 2.05) is 0 Å². The fourth-order valence-corrected chi connectivity index (χ4v) is 0.997. The molecule has 0 aromatic carbocycles. The van der Waals surface area contributed by atoms with Crippen LogP contribution < -0.4 is 0 Å². The topological polar surface area (TPSA) is 49.7 Å². The van der Waals surface area contributed by atoms with Crippen molar-refractivity contribution in [3.8, 4) is 0 Å². The number of amides is 1. The SMILES string of the molecule is CC(C)(C)N(N=O)C(=O)C1CC1. The highest BCUT2D eigenvalue weighted by Gasteiger charge is 2.38. The number of carbonyl (C=O) groups excluding carboxylic acids is 1. The number of nitrogens with zero attached hydrogens (tertiary/aromatic N) is 2. The minimum absolute atomic E-state index is 0.0573. The number of carbonyl (C=O) groups is 1. The predicted molar refractivity (Wildman–Crippen MR) is 45.1 cm³/mol. The van der Waals surface area contributed by atoms with Crippen molar-refractivity contribution in [2.45, 2.75) is 39.2 Å². The molecule has 0 spiro atoms. The van der Waals surface area contributed by atoms with Crippen LogP contribution in [-0.2, 0) is 4.79 Å². The molecule has 0 N–H and O–H groups in total. The van der Waals surface area contributed by atoms with E-state index in [0.29, 0.717) is 0 Å². The van der Waals surface area contributed by atoms with Gasteiger partial charge in [-0.1, -0.05) is 0 Å². The Balaban J connectivity index is 2.66. The Hall–Kier alpha value is -0.930. The highest BCUT2D eigenvalue weighted by atomic mass is 16.3. The molecule has 1 saturated carbocycles. The lowest BCUT2D eigenvalue weighted by atomic mass is 10.1. The first-order chi connectivity index (χ1) is 5.46. The van der Waals surface area contributed by atoms with Gasteiger partial charge in [0, 0.05) is 5.92 Å². The van der Waals surface area contributed by atoms with Crippen LogP contribution in [0.3, 0.4) is 0 Å². The van der Waals surface area contributed by atoms with Crippen molar-refractivity contribution < 1.29 is 4.79 Å². The van der Waals surface area contributed by atoms with Gasteiger partial charge < -0.3 is 0 Å². The number of hydrogen-bond donors (Lipinski definition) is 0. The van der Waals surface area contributed by atoms with Gasteiger partial charge in [-0.2, -0.15) is 5.01 Å². The Morgan fingerprint density at radius 3 is 2.17 bits per heavy atom. The van der Waals surface area contributed by atoms with Crippen molar-refractivity contribution in [1.82, 2.24) is 5.01 Å². The Morgan fingerprint density at radius 1 is 1.42 bits per heavy atom. The molecule has 0 atom stereocenters. The van der Waals surface area contributed by atoms with Crippen LogP contribution in [0.4, 0.5) is 0 Å². The highest BCUT2D eigenvalue weighted by molar-refractivity contribution is 5.81. The molecule has 1 aliphatic rings. The standard InChI is InChI=1S/C8H14N2O2/c1-8(2,3)10(9-12)7(11)6-4-5-6/h6H,4-5H2,1-3H3. The van der Waals surface area contributed by atoms with Crippen molar-refractivity contribution in [2.24, 2.45) is 11.2 Å². The maximum absolute atomic E-state index is 11.4. The first-order valence-electron chi connectivity index (χ1n) is 4.14. The van der Waals surface area contributed by atoms with Crippen LogP contribution in [0.15, 0.2) is 5.29 Å². The monoisotopic (exact) mass is 170 g/mol. The molecular formula is C8H14N2O2. The summed E-state index contributed by atoms with van der Waals surface area (Å²) in [7, 11) is 0. The Labute approximate surface area is 71.9 Å². The summed E-state index contributed by atoms with van der Waals surface area (Å²) in [4.78, 5) is 21.8. The van der Waals surface area contributed by atoms with E-state index < -0.39 is 5.54 Å². The van der Waals surface area contributed by atoms with E-state index in [2.05, 4.69) is 5.29 Å². The predicted octanol–water partition coefficient (Wildman–Crippen LogP) is 1.70. The third-order valence-corrected chi connectivity index (χ3v) is 1.85. The van der Waals surface area contributed by atoms with Crippen molar-refractivity contribution >= 4 is 5.91 Å². The van der Waals surface area contributed by atoms with E-state index in [-0.39, 0.29) is 11.8 Å². The average molecular weight is 170 g/mol. The van der Waals surface area contributed by atoms with Crippen LogP contribution in [-0.4, -0.2) is 16.5 Å². The van der Waals surface area contributed by atoms with Crippen molar-refractivity contribution in [1.29, 1.82) is 0 Å². The number of nitroso groups, excluding NO2 is 1. The fourth-order valence-electron chi connectivity index (χ4n) is 0.997. The van der Waals surface area contributed by atoms with Gasteiger partial charge >= 0.3 is 0 Å². The summed E-state index contributed by atoms with van der Waals surface area (Å²) in [6.45, 7) is 5.40. The Kier molecular flexibility index (Phi) is 2.17. The summed E-state index contributed by atoms with van der Waals surface area (Å²) in [5.41, 5.74) is -0.485. The molecule has 0 aromatic rings. The van der Waals surface area contributed by atoms with Crippen molar-refractivity contribution in [3.05, 3.63) is 4.91 Å². The summed E-state index contributed by atoms with van der Waals surface area (Å²) in [5.74, 6) is -0.0700. The summed E-state index contributed by atoms with van der Waals surface area (Å²) in [6, 6.07) is 0. The minimum atomic E-state index is -0.485. The quantitative estimate of drug-likeness (QED) is 0.468. The largest absolute Gasteiger partial charge is 0.273 e. The summed E-state index contributed by atoms with van der Waals surface area (Å²) in [5, 5.41) is 3.80. The van der Waals surface area contributed by atoms with Crippen molar-refractivity contribution in [3.63, 3.8) is 0 Å². The van der Waals surface area contributed by atoms with E-state index in [9.17, 15) is 9.70 Å². The van der Waals surface area contributed by atoms with Crippen LogP contribution in [0, 0.1) is 10.8 Å². The smallest absolute Gasteiger partial charge is 0.248 e. The number of rotatable bonds is 2. The van der Waals surface area contributed by atoms with Gasteiger partial charge in [0.1, 0.15) is 0 Å². The van der Waals surface area contributed by atoms with Gasteiger partial charge in [-0.3, -0.25) is 4.79 Å². The fraction of sp³-hybridized carbons (Fsp3) is 0.875. The average Bonchev–Trinajstić information content (AvgIpc) is 2.65. The molecule has 0 aliphatic heterocycles. The van der Waals surface area contributed by atoms with Crippen LogP contribution in [0.2, 0.25) is 0 Å². The van der Waals surface area contributed by atoms with E-state index in [0.717, 1.165) is 17.9 Å². The normalized spacial score (nSPS) is 17.2. The lowest BCUT2D eigenvalue weighted by Crippen LogP contribution is -2.42. The van der Waals surface area contributed by atoms with Crippen LogP contribution in [0.5, 0.6) is 0 Å². The third kappa shape index (κ3) is 1.81. The van der Waals surface area contributed by atoms with Gasteiger partial charge in [-0.05, 0) is 33.6 Å². The summed E-state index contributed by atoms with van der Waals surface area (Å²) in [6.07, 6.45) is 1.81. The highest BCUT2D eigenvalue weighted by Crippen LogP contribution is 2.33. The second kappa shape index (κ2) is 2.84. The first-order valence-corrected chi connectivity index (χ1v) is 4.14. The Morgan fingerprint density at radius 2 is 1.92 bits per heavy atom. The van der Waals surface area contributed by atoms with E-state index >= 15 is 0 Å². The Bertz CT molecular complexity index is 204. The van der Waals surface area contributed by atoms with Gasteiger partial charge in [0.05, 0.1) is 10.8 Å². The molecule has 1 rings (SSSR count). The van der Waals surface area contributed by atoms with Gasteiger partial charge in [-0.15, -0.1) is 4.91 Å². The molecule has 0 aromatic heterocycles. The molecular weight excluding hydrogens is 156 g/mol. The maximum Gasteiger partial charge on any atom is 0.248 e. The van der Waals surface area contributed by atoms with Crippen LogP contribution >= 0.6 is 0 Å². The van der Waals surface area contributed by atoms with Gasteiger partial charge in [0.15, 0.2) is 0 Å². The molecule has 4 nitrogen and oxygen atoms in total. The molecule has 4 heteroatoms. The molecule has 68 valence electrons. The van der Waals surface area contributed by atoms with E-state index in [4.69, 9.17) is 0 Å². The first kappa shape index (κ1) is 9.16. The molecule has 1 amide bonds. The molecule has 0 saturated heterocycles. The number of hydrogen-bond acceptors (Lipinski definition) is 3. The molecule has 1 fully saturated rings. The second-order valence-corrected chi connectivity index (χ2v) is 4.18. The minimum Gasteiger partial charge on any atom is -0.273 e. The van der Waals surface area contributed by atoms with Crippen LogP contribution in [0.25, 0.3) is 0 Å². The van der Waals surface area contributed by atoms with Gasteiger partial charge in [-0.25, -0.2) is 0 Å². The van der Waals surface area contributed by atoms with Gasteiger partial charge in [0.25, 0.3) is 0 Å². The van der Waals surface area contributed by atoms with E-state index in [1.165, 1.54) is 0 Å². The zero-order valence-corrected chi connectivity index (χ0v) is 7.70. The van der Waals surface area contributed by atoms with Crippen LogP contribution in [0.1, 0.15) is 33.6 Å². The second-order valence-electron chi connectivity index (χ2n) is 4.18. The molecule has 12 heavy (non-hydrogen) atoms. The molecule has 0 heterocycles. The lowest BCUT2D eigenvalue weighted by molar-refractivity contribution is -0.137. The summed E-state index contributed by atoms with van der Waals surface area (Å²) < 4.78 is 0. The lowest BCUT2D eigenvalue weighted by Gasteiger charge is -2.27. The van der Waals surface area contributed by atoms with Gasteiger partial charge in [0.2, 0.25) is 5.91 Å². The molecule has 1 aliphatic carbocycles.